The zero-order chi connectivity index (χ0) is 14.8. The zero-order valence-corrected chi connectivity index (χ0v) is 13.7. The maximum atomic E-state index is 5.69. The molecule has 21 heavy (non-hydrogen) atoms. The second-order valence-corrected chi connectivity index (χ2v) is 5.69. The van der Waals surface area contributed by atoms with E-state index in [0.29, 0.717) is 23.9 Å². The normalized spacial score (nSPS) is 10.8. The lowest BCUT2D eigenvalue weighted by Crippen LogP contribution is -1.89. The Hall–Kier alpha value is -1.90. The van der Waals surface area contributed by atoms with Gasteiger partial charge in [-0.15, -0.1) is 10.2 Å². The van der Waals surface area contributed by atoms with Gasteiger partial charge in [-0.05, 0) is 40.3 Å². The Morgan fingerprint density at radius 3 is 2.62 bits per heavy atom. The molecule has 3 rings (SSSR count). The zero-order valence-electron chi connectivity index (χ0n) is 11.6. The summed E-state index contributed by atoms with van der Waals surface area (Å²) in [4.78, 5) is 0. The van der Waals surface area contributed by atoms with Crippen LogP contribution in [-0.2, 0) is 13.5 Å². The van der Waals surface area contributed by atoms with Crippen LogP contribution >= 0.6 is 22.6 Å². The van der Waals surface area contributed by atoms with Crippen molar-refractivity contribution in [2.75, 3.05) is 7.11 Å². The van der Waals surface area contributed by atoms with Crippen molar-refractivity contribution in [1.29, 1.82) is 0 Å². The van der Waals surface area contributed by atoms with Crippen LogP contribution in [0.1, 0.15) is 11.5 Å². The molecule has 2 aromatic heterocycles. The highest BCUT2D eigenvalue weighted by atomic mass is 127. The number of hydrogen-bond donors (Lipinski definition) is 0. The highest BCUT2D eigenvalue weighted by Crippen LogP contribution is 2.23. The minimum Gasteiger partial charge on any atom is -0.497 e. The Labute approximate surface area is 135 Å². The molecule has 0 saturated carbocycles. The van der Waals surface area contributed by atoms with Crippen molar-refractivity contribution in [3.05, 3.63) is 45.5 Å². The Bertz CT molecular complexity index is 749. The largest absolute Gasteiger partial charge is 0.497 e. The van der Waals surface area contributed by atoms with Gasteiger partial charge in [-0.3, -0.25) is 4.68 Å². The molecule has 0 N–H and O–H groups in total. The van der Waals surface area contributed by atoms with Crippen LogP contribution < -0.4 is 4.74 Å². The van der Waals surface area contributed by atoms with Crippen LogP contribution in [-0.4, -0.2) is 27.1 Å². The molecule has 7 heteroatoms. The van der Waals surface area contributed by atoms with Crippen molar-refractivity contribution in [3.63, 3.8) is 0 Å². The lowest BCUT2D eigenvalue weighted by molar-refractivity contribution is 0.414. The van der Waals surface area contributed by atoms with Crippen LogP contribution in [0.2, 0.25) is 0 Å². The summed E-state index contributed by atoms with van der Waals surface area (Å²) >= 11 is 2.20. The highest BCUT2D eigenvalue weighted by Gasteiger charge is 2.15. The van der Waals surface area contributed by atoms with Gasteiger partial charge in [0.25, 0.3) is 5.89 Å². The molecule has 0 aliphatic heterocycles. The van der Waals surface area contributed by atoms with Crippen LogP contribution in [0.25, 0.3) is 11.6 Å². The number of rotatable bonds is 4. The first-order valence-corrected chi connectivity index (χ1v) is 7.38. The Morgan fingerprint density at radius 1 is 1.24 bits per heavy atom. The Balaban J connectivity index is 1.80. The summed E-state index contributed by atoms with van der Waals surface area (Å²) in [6.07, 6.45) is 2.49. The average molecular weight is 396 g/mol. The minimum atomic E-state index is 0.448. The number of aryl methyl sites for hydroxylation is 1. The molecule has 0 aliphatic rings. The first-order chi connectivity index (χ1) is 10.2. The average Bonchev–Trinajstić information content (AvgIpc) is 3.06. The molecule has 0 amide bonds. The van der Waals surface area contributed by atoms with Gasteiger partial charge in [0, 0.05) is 13.2 Å². The molecular weight excluding hydrogens is 383 g/mol. The molecule has 0 bridgehead atoms. The smallest absolute Gasteiger partial charge is 0.269 e. The number of methoxy groups -OCH3 is 1. The third-order valence-corrected chi connectivity index (χ3v) is 3.76. The van der Waals surface area contributed by atoms with E-state index in [1.54, 1.807) is 11.8 Å². The molecule has 0 aliphatic carbocycles. The summed E-state index contributed by atoms with van der Waals surface area (Å²) in [5, 5.41) is 12.5. The summed E-state index contributed by atoms with van der Waals surface area (Å²) in [6.45, 7) is 0. The fourth-order valence-electron chi connectivity index (χ4n) is 1.94. The number of benzene rings is 1. The standard InChI is InChI=1S/C14H13IN4O2/c1-19-8-11(15)13(18-19)14-17-16-12(21-14)7-9-3-5-10(20-2)6-4-9/h3-6,8H,7H2,1-2H3. The Morgan fingerprint density at radius 2 is 2.00 bits per heavy atom. The second-order valence-electron chi connectivity index (χ2n) is 4.53. The SMILES string of the molecule is COc1ccc(Cc2nnc(-c3nn(C)cc3I)o2)cc1. The summed E-state index contributed by atoms with van der Waals surface area (Å²) < 4.78 is 13.5. The maximum absolute atomic E-state index is 5.69. The molecule has 0 atom stereocenters. The molecule has 0 fully saturated rings. The van der Waals surface area contributed by atoms with E-state index in [-0.39, 0.29) is 0 Å². The number of nitrogens with zero attached hydrogens (tertiary/aromatic N) is 4. The van der Waals surface area contributed by atoms with E-state index in [4.69, 9.17) is 9.15 Å². The van der Waals surface area contributed by atoms with Gasteiger partial charge in [-0.2, -0.15) is 5.10 Å². The summed E-state index contributed by atoms with van der Waals surface area (Å²) in [5.41, 5.74) is 1.80. The summed E-state index contributed by atoms with van der Waals surface area (Å²) in [5.74, 6) is 1.84. The van der Waals surface area contributed by atoms with Crippen LogP contribution in [0, 0.1) is 3.57 Å². The van der Waals surface area contributed by atoms with E-state index in [0.717, 1.165) is 14.9 Å². The van der Waals surface area contributed by atoms with Crippen molar-refractivity contribution >= 4 is 22.6 Å². The molecule has 0 unspecified atom stereocenters. The van der Waals surface area contributed by atoms with Crippen molar-refractivity contribution < 1.29 is 9.15 Å². The predicted octanol–water partition coefficient (Wildman–Crippen LogP) is 2.67. The third kappa shape index (κ3) is 3.07. The van der Waals surface area contributed by atoms with Crippen LogP contribution in [0.4, 0.5) is 0 Å². The minimum absolute atomic E-state index is 0.448. The first-order valence-electron chi connectivity index (χ1n) is 6.30. The van der Waals surface area contributed by atoms with Gasteiger partial charge in [-0.1, -0.05) is 12.1 Å². The van der Waals surface area contributed by atoms with Crippen molar-refractivity contribution in [2.24, 2.45) is 7.05 Å². The van der Waals surface area contributed by atoms with Gasteiger partial charge in [0.15, 0.2) is 5.69 Å². The van der Waals surface area contributed by atoms with Crippen molar-refractivity contribution in [1.82, 2.24) is 20.0 Å². The summed E-state index contributed by atoms with van der Waals surface area (Å²) in [6, 6.07) is 7.78. The molecule has 0 saturated heterocycles. The summed E-state index contributed by atoms with van der Waals surface area (Å²) in [7, 11) is 3.51. The second kappa shape index (κ2) is 5.84. The van der Waals surface area contributed by atoms with Crippen molar-refractivity contribution in [3.8, 4) is 17.3 Å². The fourth-order valence-corrected chi connectivity index (χ4v) is 2.68. The van der Waals surface area contributed by atoms with Crippen LogP contribution in [0.15, 0.2) is 34.9 Å². The number of ether oxygens (including phenoxy) is 1. The topological polar surface area (TPSA) is 66.0 Å². The van der Waals surface area contributed by atoms with E-state index in [2.05, 4.69) is 37.9 Å². The quantitative estimate of drug-likeness (QED) is 0.635. The highest BCUT2D eigenvalue weighted by molar-refractivity contribution is 14.1. The van der Waals surface area contributed by atoms with E-state index < -0.39 is 0 Å². The van der Waals surface area contributed by atoms with Gasteiger partial charge in [0.2, 0.25) is 5.89 Å². The first kappa shape index (κ1) is 14.1. The van der Waals surface area contributed by atoms with E-state index in [1.165, 1.54) is 0 Å². The molecule has 1 aromatic carbocycles. The molecular formula is C14H13IN4O2. The number of aromatic nitrogens is 4. The number of hydrogen-bond acceptors (Lipinski definition) is 5. The molecule has 2 heterocycles. The molecule has 0 radical (unpaired) electrons. The van der Waals surface area contributed by atoms with Gasteiger partial charge >= 0.3 is 0 Å². The fraction of sp³-hybridized carbons (Fsp3) is 0.214. The van der Waals surface area contributed by atoms with Gasteiger partial charge < -0.3 is 9.15 Å². The lowest BCUT2D eigenvalue weighted by atomic mass is 10.1. The molecule has 108 valence electrons. The predicted molar refractivity (Wildman–Crippen MR) is 85.0 cm³/mol. The monoisotopic (exact) mass is 396 g/mol. The number of halogens is 1. The van der Waals surface area contributed by atoms with Crippen LogP contribution in [0.5, 0.6) is 5.75 Å². The van der Waals surface area contributed by atoms with Crippen molar-refractivity contribution in [2.45, 2.75) is 6.42 Å². The third-order valence-electron chi connectivity index (χ3n) is 2.97. The van der Waals surface area contributed by atoms with Gasteiger partial charge in [0.1, 0.15) is 5.75 Å². The Kier molecular flexibility index (Phi) is 3.91. The van der Waals surface area contributed by atoms with Gasteiger partial charge in [0.05, 0.1) is 17.1 Å². The van der Waals surface area contributed by atoms with Gasteiger partial charge in [-0.25, -0.2) is 0 Å². The molecule has 0 spiro atoms. The van der Waals surface area contributed by atoms with E-state index >= 15 is 0 Å². The van der Waals surface area contributed by atoms with E-state index in [9.17, 15) is 0 Å². The van der Waals surface area contributed by atoms with E-state index in [1.807, 2.05) is 37.5 Å². The maximum Gasteiger partial charge on any atom is 0.269 e. The molecule has 6 nitrogen and oxygen atoms in total. The lowest BCUT2D eigenvalue weighted by Gasteiger charge is -2.00. The van der Waals surface area contributed by atoms with Crippen LogP contribution in [0.3, 0.4) is 0 Å². The molecule has 3 aromatic rings.